The Balaban J connectivity index is 1.19. The Labute approximate surface area is 201 Å². The molecular weight excluding hydrogens is 410 g/mol. The summed E-state index contributed by atoms with van der Waals surface area (Å²) in [4.78, 5) is 27.5. The average Bonchev–Trinajstić information content (AvgIpc) is 3.08. The minimum atomic E-state index is 0.0244. The third-order valence-electron chi connectivity index (χ3n) is 11.2. The first-order valence-corrected chi connectivity index (χ1v) is 14.1. The van der Waals surface area contributed by atoms with Crippen LogP contribution in [-0.4, -0.2) is 42.4 Å². The number of Topliss-reactive ketones (excluding diaryl/α,β-unsaturated/α-hetero) is 1. The molecule has 0 aromatic rings. The molecule has 4 heteroatoms. The third kappa shape index (κ3) is 4.32. The Morgan fingerprint density at radius 3 is 2.45 bits per heavy atom. The summed E-state index contributed by atoms with van der Waals surface area (Å²) in [6.45, 7) is 12.7. The van der Waals surface area contributed by atoms with E-state index in [4.69, 9.17) is 4.74 Å². The van der Waals surface area contributed by atoms with Gasteiger partial charge in [-0.2, -0.15) is 0 Å². The molecule has 9 atom stereocenters. The van der Waals surface area contributed by atoms with E-state index in [1.807, 2.05) is 0 Å². The van der Waals surface area contributed by atoms with Crippen LogP contribution in [0.4, 0.5) is 0 Å². The number of piperidine rings is 1. The number of esters is 1. The molecular formula is C29H47NO3. The molecule has 0 bridgehead atoms. The Morgan fingerprint density at radius 2 is 1.70 bits per heavy atom. The largest absolute Gasteiger partial charge is 0.462 e. The van der Waals surface area contributed by atoms with Crippen LogP contribution in [0.5, 0.6) is 0 Å². The standard InChI is InChI=1S/C29H47NO3/c1-19-15-20(2)18-30(17-19)14-11-27(32)33-26-8-7-24-23-6-5-21-16-22(31)9-12-28(21,3)25(23)10-13-29(24,26)4/h19-21,23-26H,5-18H2,1-4H3/t19?,20?,21?,23?,24?,25?,26?,28-,29-/m0/s1. The van der Waals surface area contributed by atoms with Crippen LogP contribution in [0.2, 0.25) is 0 Å². The minimum absolute atomic E-state index is 0.0244. The van der Waals surface area contributed by atoms with Crippen molar-refractivity contribution in [3.05, 3.63) is 0 Å². The van der Waals surface area contributed by atoms with Gasteiger partial charge in [-0.25, -0.2) is 0 Å². The summed E-state index contributed by atoms with van der Waals surface area (Å²) in [6.07, 6.45) is 11.9. The van der Waals surface area contributed by atoms with Crippen molar-refractivity contribution in [1.82, 2.24) is 4.90 Å². The number of nitrogens with zero attached hydrogens (tertiary/aromatic N) is 1. The maximum atomic E-state index is 12.9. The van der Waals surface area contributed by atoms with Crippen LogP contribution in [0.1, 0.15) is 98.3 Å². The van der Waals surface area contributed by atoms with Crippen LogP contribution < -0.4 is 0 Å². The fourth-order valence-electron chi connectivity index (χ4n) is 9.63. The lowest BCUT2D eigenvalue weighted by molar-refractivity contribution is -0.164. The fraction of sp³-hybridized carbons (Fsp3) is 0.931. The summed E-state index contributed by atoms with van der Waals surface area (Å²) in [6, 6.07) is 0. The van der Waals surface area contributed by atoms with Gasteiger partial charge in [0.05, 0.1) is 6.42 Å². The number of carbonyl (C=O) groups excluding carboxylic acids is 2. The highest BCUT2D eigenvalue weighted by atomic mass is 16.5. The number of fused-ring (bicyclic) bond motifs is 5. The Kier molecular flexibility index (Phi) is 6.46. The zero-order valence-electron chi connectivity index (χ0n) is 21.6. The monoisotopic (exact) mass is 457 g/mol. The van der Waals surface area contributed by atoms with Crippen LogP contribution in [0.25, 0.3) is 0 Å². The maximum Gasteiger partial charge on any atom is 0.307 e. The molecule has 0 amide bonds. The normalized spacial score (nSPS) is 48.0. The maximum absolute atomic E-state index is 12.9. The topological polar surface area (TPSA) is 46.6 Å². The smallest absolute Gasteiger partial charge is 0.307 e. The molecule has 4 nitrogen and oxygen atoms in total. The van der Waals surface area contributed by atoms with Gasteiger partial charge in [0.1, 0.15) is 11.9 Å². The number of rotatable bonds is 4. The first kappa shape index (κ1) is 23.8. The Hall–Kier alpha value is -0.900. The lowest BCUT2D eigenvalue weighted by atomic mass is 9.45. The lowest BCUT2D eigenvalue weighted by Gasteiger charge is -2.60. The number of hydrogen-bond donors (Lipinski definition) is 0. The second kappa shape index (κ2) is 8.95. The highest BCUT2D eigenvalue weighted by Crippen LogP contribution is 2.66. The molecule has 33 heavy (non-hydrogen) atoms. The van der Waals surface area contributed by atoms with Crippen molar-refractivity contribution >= 4 is 11.8 Å². The molecule has 0 aromatic carbocycles. The first-order valence-electron chi connectivity index (χ1n) is 14.1. The van der Waals surface area contributed by atoms with E-state index in [9.17, 15) is 9.59 Å². The van der Waals surface area contributed by atoms with E-state index in [1.165, 1.54) is 38.5 Å². The van der Waals surface area contributed by atoms with Gasteiger partial charge in [0.15, 0.2) is 0 Å². The Morgan fingerprint density at radius 1 is 0.970 bits per heavy atom. The SMILES string of the molecule is CC1CC(C)CN(CCC(=O)OC2CCC3C4CCC5CC(=O)CC[C@]5(C)C4CC[C@]23C)C1. The van der Waals surface area contributed by atoms with Gasteiger partial charge in [0, 0.05) is 37.9 Å². The summed E-state index contributed by atoms with van der Waals surface area (Å²) in [5.41, 5.74) is 0.508. The zero-order chi connectivity index (χ0) is 23.4. The second-order valence-electron chi connectivity index (χ2n) is 13.5. The summed E-state index contributed by atoms with van der Waals surface area (Å²) in [7, 11) is 0. The molecule has 1 aliphatic heterocycles. The van der Waals surface area contributed by atoms with Crippen molar-refractivity contribution in [3.8, 4) is 0 Å². The summed E-state index contributed by atoms with van der Waals surface area (Å²) in [5, 5.41) is 0. The molecule has 0 spiro atoms. The number of likely N-dealkylation sites (tertiary alicyclic amines) is 1. The van der Waals surface area contributed by atoms with E-state index < -0.39 is 0 Å². The van der Waals surface area contributed by atoms with Crippen LogP contribution in [0.15, 0.2) is 0 Å². The van der Waals surface area contributed by atoms with E-state index >= 15 is 0 Å². The molecule has 1 heterocycles. The van der Waals surface area contributed by atoms with E-state index in [2.05, 4.69) is 32.6 Å². The predicted octanol–water partition coefficient (Wildman–Crippen LogP) is 5.88. The zero-order valence-corrected chi connectivity index (χ0v) is 21.6. The molecule has 5 rings (SSSR count). The average molecular weight is 458 g/mol. The van der Waals surface area contributed by atoms with Crippen molar-refractivity contribution < 1.29 is 14.3 Å². The highest BCUT2D eigenvalue weighted by molar-refractivity contribution is 5.79. The van der Waals surface area contributed by atoms with Gasteiger partial charge in [-0.1, -0.05) is 27.7 Å². The number of hydrogen-bond acceptors (Lipinski definition) is 4. The van der Waals surface area contributed by atoms with Crippen LogP contribution in [0.3, 0.4) is 0 Å². The van der Waals surface area contributed by atoms with Crippen molar-refractivity contribution in [3.63, 3.8) is 0 Å². The Bertz CT molecular complexity index is 756. The number of carbonyl (C=O) groups is 2. The second-order valence-corrected chi connectivity index (χ2v) is 13.5. The molecule has 4 saturated carbocycles. The molecule has 7 unspecified atom stereocenters. The number of ether oxygens (including phenoxy) is 1. The van der Waals surface area contributed by atoms with Crippen molar-refractivity contribution in [2.24, 2.45) is 46.3 Å². The van der Waals surface area contributed by atoms with E-state index in [1.54, 1.807) is 0 Å². The highest BCUT2D eigenvalue weighted by Gasteiger charge is 2.61. The van der Waals surface area contributed by atoms with Gasteiger partial charge in [-0.05, 0) is 92.3 Å². The van der Waals surface area contributed by atoms with Crippen molar-refractivity contribution in [1.29, 1.82) is 0 Å². The summed E-state index contributed by atoms with van der Waals surface area (Å²) < 4.78 is 6.24. The molecule has 5 aliphatic rings. The first-order chi connectivity index (χ1) is 15.7. The summed E-state index contributed by atoms with van der Waals surface area (Å²) >= 11 is 0. The third-order valence-corrected chi connectivity index (χ3v) is 11.2. The molecule has 4 aliphatic carbocycles. The predicted molar refractivity (Wildman–Crippen MR) is 131 cm³/mol. The molecule has 0 aromatic heterocycles. The fourth-order valence-corrected chi connectivity index (χ4v) is 9.63. The van der Waals surface area contributed by atoms with Gasteiger partial charge in [-0.15, -0.1) is 0 Å². The van der Waals surface area contributed by atoms with Crippen molar-refractivity contribution in [2.75, 3.05) is 19.6 Å². The lowest BCUT2D eigenvalue weighted by Crippen LogP contribution is -2.54. The van der Waals surface area contributed by atoms with E-state index in [-0.39, 0.29) is 17.5 Å². The van der Waals surface area contributed by atoms with Gasteiger partial charge < -0.3 is 9.64 Å². The van der Waals surface area contributed by atoms with Crippen LogP contribution in [0, 0.1) is 46.3 Å². The van der Waals surface area contributed by atoms with E-state index in [0.29, 0.717) is 29.5 Å². The molecule has 1 saturated heterocycles. The molecule has 5 fully saturated rings. The van der Waals surface area contributed by atoms with Gasteiger partial charge >= 0.3 is 5.97 Å². The minimum Gasteiger partial charge on any atom is -0.462 e. The quantitative estimate of drug-likeness (QED) is 0.495. The molecule has 0 radical (unpaired) electrons. The van der Waals surface area contributed by atoms with Crippen LogP contribution in [-0.2, 0) is 14.3 Å². The number of ketones is 1. The van der Waals surface area contributed by atoms with Crippen LogP contribution >= 0.6 is 0 Å². The van der Waals surface area contributed by atoms with E-state index in [0.717, 1.165) is 69.0 Å². The molecule has 0 N–H and O–H groups in total. The van der Waals surface area contributed by atoms with Gasteiger partial charge in [-0.3, -0.25) is 9.59 Å². The summed E-state index contributed by atoms with van der Waals surface area (Å²) in [5.74, 6) is 4.81. The van der Waals surface area contributed by atoms with Crippen molar-refractivity contribution in [2.45, 2.75) is 104 Å². The molecule has 186 valence electrons. The van der Waals surface area contributed by atoms with Gasteiger partial charge in [0.2, 0.25) is 0 Å². The van der Waals surface area contributed by atoms with Gasteiger partial charge in [0.25, 0.3) is 0 Å².